The zero-order valence-electron chi connectivity index (χ0n) is 18.8. The molecule has 1 aliphatic carbocycles. The van der Waals surface area contributed by atoms with E-state index in [0.717, 1.165) is 29.8 Å². The first-order valence-corrected chi connectivity index (χ1v) is 12.0. The van der Waals surface area contributed by atoms with Crippen LogP contribution in [0, 0.1) is 0 Å². The van der Waals surface area contributed by atoms with E-state index in [-0.39, 0.29) is 24.0 Å². The van der Waals surface area contributed by atoms with Crippen molar-refractivity contribution in [1.29, 1.82) is 0 Å². The number of benzene rings is 2. The van der Waals surface area contributed by atoms with Crippen LogP contribution in [0.3, 0.4) is 0 Å². The SMILES string of the molecule is O=C(Cn1ccc2ccccc21)N[C@@H]1CCC[C@@](S)(Nc2cc(C(F)(F)F)nc3ccccc23)C1. The molecule has 0 radical (unpaired) electrons. The molecule has 1 fully saturated rings. The number of anilines is 1. The summed E-state index contributed by atoms with van der Waals surface area (Å²) in [6.45, 7) is 0.195. The van der Waals surface area contributed by atoms with Crippen LogP contribution in [-0.2, 0) is 17.5 Å². The number of alkyl halides is 3. The van der Waals surface area contributed by atoms with Crippen molar-refractivity contribution in [2.45, 2.75) is 49.3 Å². The normalized spacial score (nSPS) is 20.7. The first-order chi connectivity index (χ1) is 16.7. The minimum atomic E-state index is -4.56. The number of fused-ring (bicyclic) bond motifs is 2. The second kappa shape index (κ2) is 9.11. The Kier molecular flexibility index (Phi) is 6.13. The third kappa shape index (κ3) is 5.10. The third-order valence-electron chi connectivity index (χ3n) is 6.46. The lowest BCUT2D eigenvalue weighted by Gasteiger charge is -2.39. The van der Waals surface area contributed by atoms with Crippen LogP contribution < -0.4 is 10.6 Å². The van der Waals surface area contributed by atoms with Gasteiger partial charge in [0.25, 0.3) is 0 Å². The lowest BCUT2D eigenvalue weighted by molar-refractivity contribution is -0.140. The molecule has 1 saturated carbocycles. The smallest absolute Gasteiger partial charge is 0.370 e. The van der Waals surface area contributed by atoms with Crippen LogP contribution in [0.2, 0.25) is 0 Å². The molecule has 2 atom stereocenters. The summed E-state index contributed by atoms with van der Waals surface area (Å²) in [5, 5.41) is 8.01. The quantitative estimate of drug-likeness (QED) is 0.234. The molecule has 35 heavy (non-hydrogen) atoms. The molecule has 4 aromatic rings. The van der Waals surface area contributed by atoms with Crippen molar-refractivity contribution in [2.75, 3.05) is 5.32 Å². The van der Waals surface area contributed by atoms with Crippen molar-refractivity contribution >= 4 is 46.0 Å². The molecule has 182 valence electrons. The summed E-state index contributed by atoms with van der Waals surface area (Å²) in [7, 11) is 0. The molecule has 5 nitrogen and oxygen atoms in total. The van der Waals surface area contributed by atoms with Crippen LogP contribution >= 0.6 is 12.6 Å². The van der Waals surface area contributed by atoms with E-state index >= 15 is 0 Å². The Morgan fingerprint density at radius 3 is 2.74 bits per heavy atom. The monoisotopic (exact) mass is 498 g/mol. The first kappa shape index (κ1) is 23.5. The van der Waals surface area contributed by atoms with Gasteiger partial charge in [0.1, 0.15) is 12.2 Å². The zero-order valence-corrected chi connectivity index (χ0v) is 19.7. The Labute approximate surface area is 206 Å². The van der Waals surface area contributed by atoms with Gasteiger partial charge in [-0.25, -0.2) is 4.98 Å². The molecule has 1 aliphatic rings. The number of pyridine rings is 1. The second-order valence-corrected chi connectivity index (χ2v) is 9.95. The Balaban J connectivity index is 1.32. The second-order valence-electron chi connectivity index (χ2n) is 9.09. The van der Waals surface area contributed by atoms with Crippen molar-refractivity contribution in [3.05, 3.63) is 72.6 Å². The maximum Gasteiger partial charge on any atom is 0.433 e. The molecule has 1 amide bonds. The average Bonchev–Trinajstić information content (AvgIpc) is 3.21. The number of thiol groups is 1. The number of aromatic nitrogens is 2. The van der Waals surface area contributed by atoms with Gasteiger partial charge in [-0.1, -0.05) is 36.4 Å². The van der Waals surface area contributed by atoms with Crippen LogP contribution in [0.25, 0.3) is 21.8 Å². The third-order valence-corrected chi connectivity index (χ3v) is 6.98. The number of rotatable bonds is 5. The van der Waals surface area contributed by atoms with E-state index in [1.54, 1.807) is 24.3 Å². The van der Waals surface area contributed by atoms with Gasteiger partial charge in [0.2, 0.25) is 5.91 Å². The van der Waals surface area contributed by atoms with Gasteiger partial charge in [0.15, 0.2) is 0 Å². The van der Waals surface area contributed by atoms with Gasteiger partial charge in [-0.3, -0.25) is 4.79 Å². The molecule has 5 rings (SSSR count). The summed E-state index contributed by atoms with van der Waals surface area (Å²) in [5.41, 5.74) is 0.641. The Bertz CT molecular complexity index is 1390. The number of hydrogen-bond donors (Lipinski definition) is 3. The van der Waals surface area contributed by atoms with Crippen molar-refractivity contribution < 1.29 is 18.0 Å². The number of amides is 1. The van der Waals surface area contributed by atoms with Gasteiger partial charge in [-0.15, -0.1) is 0 Å². The number of nitrogens with one attached hydrogen (secondary N) is 2. The molecule has 0 spiro atoms. The average molecular weight is 499 g/mol. The molecular weight excluding hydrogens is 473 g/mol. The Morgan fingerprint density at radius 1 is 1.14 bits per heavy atom. The number of nitrogens with zero attached hydrogens (tertiary/aromatic N) is 2. The van der Waals surface area contributed by atoms with Crippen LogP contribution in [0.5, 0.6) is 0 Å². The largest absolute Gasteiger partial charge is 0.433 e. The van der Waals surface area contributed by atoms with Crippen LogP contribution in [0.4, 0.5) is 18.9 Å². The van der Waals surface area contributed by atoms with E-state index in [1.165, 1.54) is 0 Å². The number of hydrogen-bond acceptors (Lipinski definition) is 4. The summed E-state index contributed by atoms with van der Waals surface area (Å²) in [5.74, 6) is -0.109. The number of carbonyl (C=O) groups is 1. The Morgan fingerprint density at radius 2 is 1.91 bits per heavy atom. The lowest BCUT2D eigenvalue weighted by atomic mass is 9.89. The van der Waals surface area contributed by atoms with E-state index in [2.05, 4.69) is 15.6 Å². The molecule has 0 bridgehead atoms. The molecule has 0 saturated heterocycles. The topological polar surface area (TPSA) is 59.0 Å². The summed E-state index contributed by atoms with van der Waals surface area (Å²) >= 11 is 4.84. The molecule has 9 heteroatoms. The van der Waals surface area contributed by atoms with E-state index in [0.29, 0.717) is 23.9 Å². The van der Waals surface area contributed by atoms with E-state index in [9.17, 15) is 18.0 Å². The Hall–Kier alpha value is -3.20. The van der Waals surface area contributed by atoms with E-state index in [4.69, 9.17) is 12.6 Å². The van der Waals surface area contributed by atoms with Gasteiger partial charge in [-0.05, 0) is 55.3 Å². The fourth-order valence-electron chi connectivity index (χ4n) is 4.87. The van der Waals surface area contributed by atoms with Crippen molar-refractivity contribution in [3.8, 4) is 0 Å². The van der Waals surface area contributed by atoms with Crippen LogP contribution in [0.15, 0.2) is 66.9 Å². The highest BCUT2D eigenvalue weighted by atomic mass is 32.1. The minimum Gasteiger partial charge on any atom is -0.370 e. The molecule has 0 unspecified atom stereocenters. The van der Waals surface area contributed by atoms with Crippen molar-refractivity contribution in [3.63, 3.8) is 0 Å². The molecule has 0 aliphatic heterocycles. The highest BCUT2D eigenvalue weighted by molar-refractivity contribution is 7.82. The number of para-hydroxylation sites is 2. The predicted octanol–water partition coefficient (Wildman–Crippen LogP) is 6.01. The standard InChI is InChI=1S/C26H25F3N4OS/c27-26(28,29)23-14-21(19-8-2-3-9-20(19)31-23)32-25(35)12-5-7-18(15-25)30-24(34)16-33-13-11-17-6-1-4-10-22(17)33/h1-4,6,8-11,13-14,18,35H,5,7,12,15-16H2,(H,30,34)(H,31,32)/t18-,25+/m1/s1. The predicted molar refractivity (Wildman–Crippen MR) is 134 cm³/mol. The van der Waals surface area contributed by atoms with Gasteiger partial charge in [0, 0.05) is 28.8 Å². The lowest BCUT2D eigenvalue weighted by Crippen LogP contribution is -2.47. The van der Waals surface area contributed by atoms with Gasteiger partial charge in [-0.2, -0.15) is 25.8 Å². The van der Waals surface area contributed by atoms with Crippen molar-refractivity contribution in [1.82, 2.24) is 14.9 Å². The van der Waals surface area contributed by atoms with E-state index in [1.807, 2.05) is 41.1 Å². The van der Waals surface area contributed by atoms with Gasteiger partial charge >= 0.3 is 6.18 Å². The summed E-state index contributed by atoms with van der Waals surface area (Å²) in [6.07, 6.45) is 0.0311. The molecule has 2 aromatic carbocycles. The molecule has 2 N–H and O–H groups in total. The zero-order chi connectivity index (χ0) is 24.6. The van der Waals surface area contributed by atoms with Crippen molar-refractivity contribution in [2.24, 2.45) is 0 Å². The summed E-state index contributed by atoms with van der Waals surface area (Å²) < 4.78 is 42.3. The van der Waals surface area contributed by atoms with Crippen LogP contribution in [-0.4, -0.2) is 26.4 Å². The highest BCUT2D eigenvalue weighted by Crippen LogP contribution is 2.39. The van der Waals surface area contributed by atoms with Crippen LogP contribution in [0.1, 0.15) is 31.4 Å². The molecular formula is C26H25F3N4OS. The minimum absolute atomic E-state index is 0.109. The van der Waals surface area contributed by atoms with Gasteiger partial charge < -0.3 is 15.2 Å². The number of halogens is 3. The maximum absolute atomic E-state index is 13.5. The summed E-state index contributed by atoms with van der Waals surface area (Å²) in [6, 6.07) is 17.5. The highest BCUT2D eigenvalue weighted by Gasteiger charge is 2.37. The molecule has 2 aromatic heterocycles. The fraction of sp³-hybridized carbons (Fsp3) is 0.308. The fourth-order valence-corrected chi connectivity index (χ4v) is 5.37. The van der Waals surface area contributed by atoms with E-state index < -0.39 is 16.7 Å². The maximum atomic E-state index is 13.5. The van der Waals surface area contributed by atoms with Gasteiger partial charge in [0.05, 0.1) is 10.4 Å². The number of carbonyl (C=O) groups excluding carboxylic acids is 1. The summed E-state index contributed by atoms with van der Waals surface area (Å²) in [4.78, 5) is 15.8. The first-order valence-electron chi connectivity index (χ1n) is 11.5. The molecule has 2 heterocycles.